The number of anilines is 2. The summed E-state index contributed by atoms with van der Waals surface area (Å²) in [6.07, 6.45) is 3.38. The van der Waals surface area contributed by atoms with Gasteiger partial charge in [-0.05, 0) is 48.5 Å². The normalized spacial score (nSPS) is 10.6. The summed E-state index contributed by atoms with van der Waals surface area (Å²) in [6.45, 7) is 2.67. The number of thiophene rings is 1. The monoisotopic (exact) mass is 496 g/mol. The summed E-state index contributed by atoms with van der Waals surface area (Å²) >= 11 is 12.9. The van der Waals surface area contributed by atoms with Crippen molar-refractivity contribution in [1.82, 2.24) is 9.78 Å². The minimum atomic E-state index is -0.388. The fourth-order valence-corrected chi connectivity index (χ4v) is 4.71. The number of aromatic nitrogens is 2. The highest BCUT2D eigenvalue weighted by molar-refractivity contribution is 7.80. The summed E-state index contributed by atoms with van der Waals surface area (Å²) in [6, 6.07) is 19.6. The van der Waals surface area contributed by atoms with Crippen LogP contribution in [0.1, 0.15) is 22.8 Å². The highest BCUT2D eigenvalue weighted by Gasteiger charge is 2.19. The van der Waals surface area contributed by atoms with Crippen molar-refractivity contribution in [3.8, 4) is 10.4 Å². The van der Waals surface area contributed by atoms with E-state index in [0.717, 1.165) is 21.7 Å². The number of nitrogens with zero attached hydrogens (tertiary/aromatic N) is 2. The summed E-state index contributed by atoms with van der Waals surface area (Å²) in [7, 11) is 0. The Balaban J connectivity index is 1.50. The maximum Gasteiger partial charge on any atom is 0.341 e. The molecular weight excluding hydrogens is 476 g/mol. The molecule has 2 heterocycles. The van der Waals surface area contributed by atoms with Crippen LogP contribution in [0.4, 0.5) is 10.7 Å². The smallest absolute Gasteiger partial charge is 0.341 e. The number of thiocarbonyl (C=S) groups is 1. The van der Waals surface area contributed by atoms with E-state index >= 15 is 0 Å². The van der Waals surface area contributed by atoms with Gasteiger partial charge in [0.15, 0.2) is 5.11 Å². The van der Waals surface area contributed by atoms with E-state index in [9.17, 15) is 4.79 Å². The van der Waals surface area contributed by atoms with E-state index in [-0.39, 0.29) is 5.97 Å². The number of carbonyl (C=O) groups excluding carboxylic acids is 1. The number of hydrogen-bond acceptors (Lipinski definition) is 5. The summed E-state index contributed by atoms with van der Waals surface area (Å²) < 4.78 is 7.00. The number of halogens is 1. The van der Waals surface area contributed by atoms with Gasteiger partial charge in [-0.15, -0.1) is 11.3 Å². The molecule has 0 saturated heterocycles. The molecule has 0 fully saturated rings. The molecule has 0 spiro atoms. The van der Waals surface area contributed by atoms with Crippen molar-refractivity contribution < 1.29 is 9.53 Å². The molecule has 0 aliphatic rings. The van der Waals surface area contributed by atoms with Crippen LogP contribution < -0.4 is 10.6 Å². The Morgan fingerprint density at radius 3 is 2.70 bits per heavy atom. The van der Waals surface area contributed by atoms with Gasteiger partial charge in [0.2, 0.25) is 0 Å². The van der Waals surface area contributed by atoms with Crippen LogP contribution in [0.5, 0.6) is 0 Å². The quantitative estimate of drug-likeness (QED) is 0.231. The van der Waals surface area contributed by atoms with Crippen molar-refractivity contribution in [1.29, 1.82) is 0 Å². The van der Waals surface area contributed by atoms with E-state index in [1.165, 1.54) is 11.3 Å². The van der Waals surface area contributed by atoms with Crippen molar-refractivity contribution >= 4 is 56.9 Å². The first-order chi connectivity index (χ1) is 16.0. The molecule has 2 aromatic carbocycles. The largest absolute Gasteiger partial charge is 0.462 e. The molecule has 0 saturated carbocycles. The van der Waals surface area contributed by atoms with Crippen molar-refractivity contribution in [2.24, 2.45) is 0 Å². The molecule has 2 aromatic heterocycles. The molecular formula is C24H21ClN4O2S2. The second kappa shape index (κ2) is 10.6. The predicted molar refractivity (Wildman–Crippen MR) is 138 cm³/mol. The molecule has 0 radical (unpaired) electrons. The molecule has 0 bridgehead atoms. The molecule has 0 aliphatic heterocycles. The third-order valence-corrected chi connectivity index (χ3v) is 6.14. The van der Waals surface area contributed by atoms with Crippen LogP contribution >= 0.6 is 35.2 Å². The van der Waals surface area contributed by atoms with E-state index < -0.39 is 0 Å². The van der Waals surface area contributed by atoms with Gasteiger partial charge in [0.05, 0.1) is 29.9 Å². The maximum absolute atomic E-state index is 12.5. The van der Waals surface area contributed by atoms with Gasteiger partial charge < -0.3 is 15.4 Å². The molecule has 0 aliphatic carbocycles. The molecule has 33 heavy (non-hydrogen) atoms. The van der Waals surface area contributed by atoms with Crippen LogP contribution in [-0.4, -0.2) is 27.5 Å². The minimum Gasteiger partial charge on any atom is -0.462 e. The van der Waals surface area contributed by atoms with Crippen LogP contribution in [0.15, 0.2) is 73.1 Å². The topological polar surface area (TPSA) is 68.2 Å². The number of rotatable bonds is 7. The fourth-order valence-electron chi connectivity index (χ4n) is 3.21. The maximum atomic E-state index is 12.5. The van der Waals surface area contributed by atoms with E-state index in [1.54, 1.807) is 24.0 Å². The number of carbonyl (C=O) groups is 1. The predicted octanol–water partition coefficient (Wildman–Crippen LogP) is 6.30. The summed E-state index contributed by atoms with van der Waals surface area (Å²) in [5.74, 6) is -0.388. The zero-order valence-electron chi connectivity index (χ0n) is 17.7. The summed E-state index contributed by atoms with van der Waals surface area (Å²) in [5, 5.41) is 12.2. The van der Waals surface area contributed by atoms with Crippen LogP contribution in [0.25, 0.3) is 10.4 Å². The van der Waals surface area contributed by atoms with Crippen LogP contribution in [0, 0.1) is 0 Å². The van der Waals surface area contributed by atoms with E-state index in [4.69, 9.17) is 28.6 Å². The molecule has 0 unspecified atom stereocenters. The second-order valence-corrected chi connectivity index (χ2v) is 8.97. The third kappa shape index (κ3) is 5.98. The zero-order chi connectivity index (χ0) is 23.2. The van der Waals surface area contributed by atoms with Crippen LogP contribution in [0.3, 0.4) is 0 Å². The Bertz CT molecular complexity index is 1270. The van der Waals surface area contributed by atoms with Gasteiger partial charge in [-0.1, -0.05) is 54.1 Å². The van der Waals surface area contributed by atoms with Gasteiger partial charge >= 0.3 is 5.97 Å². The number of hydrogen-bond donors (Lipinski definition) is 2. The highest BCUT2D eigenvalue weighted by Crippen LogP contribution is 2.36. The first kappa shape index (κ1) is 23.0. The van der Waals surface area contributed by atoms with Gasteiger partial charge in [-0.3, -0.25) is 4.68 Å². The fraction of sp³-hybridized carbons (Fsp3) is 0.125. The molecule has 4 rings (SSSR count). The summed E-state index contributed by atoms with van der Waals surface area (Å²) in [5.41, 5.74) is 3.33. The van der Waals surface area contributed by atoms with Crippen LogP contribution in [-0.2, 0) is 11.3 Å². The first-order valence-electron chi connectivity index (χ1n) is 10.2. The lowest BCUT2D eigenvalue weighted by Crippen LogP contribution is -2.20. The highest BCUT2D eigenvalue weighted by atomic mass is 35.5. The Hall–Kier alpha value is -3.20. The van der Waals surface area contributed by atoms with Gasteiger partial charge in [0, 0.05) is 16.8 Å². The standard InChI is InChI=1S/C24H21ClN4O2S2/c1-2-31-23(30)20-12-21(17-8-4-3-5-9-17)33-22(20)28-24(32)27-19-10-6-7-16(11-19)14-29-15-18(25)13-26-29/h3-13,15H,2,14H2,1H3,(H2,27,28,32). The van der Waals surface area contributed by atoms with Gasteiger partial charge in [0.1, 0.15) is 5.00 Å². The Kier molecular flexibility index (Phi) is 7.39. The lowest BCUT2D eigenvalue weighted by atomic mass is 10.1. The molecule has 9 heteroatoms. The molecule has 0 amide bonds. The van der Waals surface area contributed by atoms with E-state index in [2.05, 4.69) is 15.7 Å². The molecule has 168 valence electrons. The lowest BCUT2D eigenvalue weighted by molar-refractivity contribution is 0.0528. The first-order valence-corrected chi connectivity index (χ1v) is 11.8. The summed E-state index contributed by atoms with van der Waals surface area (Å²) in [4.78, 5) is 13.5. The average Bonchev–Trinajstić information content (AvgIpc) is 3.41. The third-order valence-electron chi connectivity index (χ3n) is 4.64. The van der Waals surface area contributed by atoms with Crippen molar-refractivity contribution in [3.63, 3.8) is 0 Å². The van der Waals surface area contributed by atoms with Gasteiger partial charge in [0.25, 0.3) is 0 Å². The van der Waals surface area contributed by atoms with Crippen molar-refractivity contribution in [2.45, 2.75) is 13.5 Å². The molecule has 2 N–H and O–H groups in total. The van der Waals surface area contributed by atoms with E-state index in [0.29, 0.717) is 33.9 Å². The minimum absolute atomic E-state index is 0.297. The van der Waals surface area contributed by atoms with E-state index in [1.807, 2.05) is 60.7 Å². The SMILES string of the molecule is CCOC(=O)c1cc(-c2ccccc2)sc1NC(=S)Nc1cccc(Cn2cc(Cl)cn2)c1. The van der Waals surface area contributed by atoms with Gasteiger partial charge in [-0.2, -0.15) is 5.10 Å². The average molecular weight is 497 g/mol. The number of esters is 1. The van der Waals surface area contributed by atoms with Crippen molar-refractivity contribution in [2.75, 3.05) is 17.2 Å². The van der Waals surface area contributed by atoms with Gasteiger partial charge in [-0.25, -0.2) is 4.79 Å². The number of nitrogens with one attached hydrogen (secondary N) is 2. The second-order valence-electron chi connectivity index (χ2n) is 7.08. The number of benzene rings is 2. The Morgan fingerprint density at radius 2 is 1.97 bits per heavy atom. The molecule has 4 aromatic rings. The Labute approximate surface area is 206 Å². The van der Waals surface area contributed by atoms with Crippen LogP contribution in [0.2, 0.25) is 5.02 Å². The Morgan fingerprint density at radius 1 is 1.15 bits per heavy atom. The molecule has 6 nitrogen and oxygen atoms in total. The molecule has 0 atom stereocenters. The van der Waals surface area contributed by atoms with Crippen molar-refractivity contribution in [3.05, 3.63) is 89.2 Å². The lowest BCUT2D eigenvalue weighted by Gasteiger charge is -2.12. The number of ether oxygens (including phenoxy) is 1. The zero-order valence-corrected chi connectivity index (χ0v) is 20.1.